The molecule has 1 aromatic rings. The van der Waals surface area contributed by atoms with E-state index in [1.54, 1.807) is 0 Å². The molecule has 0 aliphatic carbocycles. The average Bonchev–Trinajstić information content (AvgIpc) is 2.07. The fraction of sp³-hybridized carbons (Fsp3) is 0.143. The van der Waals surface area contributed by atoms with Gasteiger partial charge in [-0.2, -0.15) is 0 Å². The van der Waals surface area contributed by atoms with Gasteiger partial charge in [0, 0.05) is 0 Å². The normalized spacial score (nSPS) is 9.08. The molecule has 0 amide bonds. The van der Waals surface area contributed by atoms with Crippen LogP contribution in [0.4, 0.5) is 0 Å². The Morgan fingerprint density at radius 2 is 1.15 bits per heavy atom. The molecule has 0 spiro atoms. The summed E-state index contributed by atoms with van der Waals surface area (Å²) in [5.41, 5.74) is 0. The van der Waals surface area contributed by atoms with Crippen LogP contribution >= 0.6 is 0 Å². The van der Waals surface area contributed by atoms with E-state index >= 15 is 0 Å². The van der Waals surface area contributed by atoms with Crippen molar-refractivity contribution in [2.75, 3.05) is 7.11 Å². The van der Waals surface area contributed by atoms with E-state index in [-0.39, 0.29) is 51.4 Å². The Labute approximate surface area is 121 Å². The largest absolute Gasteiger partial charge is 1.00 e. The zero-order chi connectivity index (χ0) is 9.45. The minimum Gasteiger partial charge on any atom is -0.726 e. The van der Waals surface area contributed by atoms with Crippen LogP contribution in [-0.2, 0) is 14.6 Å². The third-order valence-electron chi connectivity index (χ3n) is 0.871. The van der Waals surface area contributed by atoms with Gasteiger partial charge in [-0.1, -0.05) is 36.4 Å². The van der Waals surface area contributed by atoms with Crippen LogP contribution in [0.2, 0.25) is 0 Å². The van der Waals surface area contributed by atoms with E-state index in [1.807, 2.05) is 36.4 Å². The van der Waals surface area contributed by atoms with E-state index < -0.39 is 10.4 Å². The van der Waals surface area contributed by atoms with Gasteiger partial charge >= 0.3 is 51.4 Å². The van der Waals surface area contributed by atoms with Crippen molar-refractivity contribution < 1.29 is 68.5 Å². The van der Waals surface area contributed by atoms with Crippen LogP contribution in [-0.4, -0.2) is 20.1 Å². The summed E-state index contributed by atoms with van der Waals surface area (Å²) in [6.45, 7) is 0. The van der Waals surface area contributed by atoms with Crippen molar-refractivity contribution >= 4 is 10.4 Å². The van der Waals surface area contributed by atoms with Gasteiger partial charge in [-0.15, -0.1) is 0 Å². The molecule has 1 aromatic carbocycles. The van der Waals surface area contributed by atoms with Crippen molar-refractivity contribution in [1.82, 2.24) is 0 Å². The monoisotopic (exact) mass is 228 g/mol. The quantitative estimate of drug-likeness (QED) is 0.310. The van der Waals surface area contributed by atoms with E-state index in [1.165, 1.54) is 0 Å². The molecule has 0 saturated carbocycles. The molecule has 0 fully saturated rings. The van der Waals surface area contributed by atoms with Crippen molar-refractivity contribution in [2.45, 2.75) is 0 Å². The first-order valence-electron chi connectivity index (χ1n) is 3.07. The van der Waals surface area contributed by atoms with Crippen molar-refractivity contribution in [1.29, 1.82) is 0 Å². The van der Waals surface area contributed by atoms with E-state index in [9.17, 15) is 13.0 Å². The van der Waals surface area contributed by atoms with Crippen LogP contribution in [0.5, 0.6) is 0 Å². The summed E-state index contributed by atoms with van der Waals surface area (Å²) in [7, 11) is -3.60. The molecule has 0 aliphatic heterocycles. The summed E-state index contributed by atoms with van der Waals surface area (Å²) in [5.74, 6) is 0. The molecule has 0 N–H and O–H groups in total. The molecule has 6 heteroatoms. The number of hydrogen-bond donors (Lipinski definition) is 0. The molecule has 0 aromatic heterocycles. The first-order chi connectivity index (χ1) is 5.56. The third-order valence-corrected chi connectivity index (χ3v) is 1.28. The molecule has 0 radical (unpaired) electrons. The predicted octanol–water partition coefficient (Wildman–Crippen LogP) is -2.22. The van der Waals surface area contributed by atoms with Gasteiger partial charge in [0.1, 0.15) is 0 Å². The Hall–Kier alpha value is 0.726. The zero-order valence-corrected chi connectivity index (χ0v) is 11.4. The standard InChI is InChI=1S/C6H6.CH4O4S.K/c1-2-4-6-5-3-1;1-5-6(2,3)4;/h1-6H;1H3,(H,2,3,4);/q;;+1/p-1. The summed E-state index contributed by atoms with van der Waals surface area (Å²) in [6.07, 6.45) is 0. The summed E-state index contributed by atoms with van der Waals surface area (Å²) in [4.78, 5) is 0. The van der Waals surface area contributed by atoms with Crippen LogP contribution in [0.25, 0.3) is 0 Å². The van der Waals surface area contributed by atoms with Gasteiger partial charge in [-0.3, -0.25) is 4.18 Å². The average molecular weight is 228 g/mol. The molecular formula is C7H9KO4S. The maximum absolute atomic E-state index is 9.22. The van der Waals surface area contributed by atoms with Crippen LogP contribution in [0, 0.1) is 0 Å². The van der Waals surface area contributed by atoms with Gasteiger partial charge in [-0.05, 0) is 0 Å². The minimum absolute atomic E-state index is 0. The first-order valence-corrected chi connectivity index (χ1v) is 4.41. The second-order valence-corrected chi connectivity index (χ2v) is 2.88. The van der Waals surface area contributed by atoms with Gasteiger partial charge in [0.25, 0.3) is 0 Å². The second-order valence-electron chi connectivity index (χ2n) is 1.73. The molecule has 1 rings (SSSR count). The van der Waals surface area contributed by atoms with Crippen LogP contribution < -0.4 is 51.4 Å². The Bertz CT molecular complexity index is 258. The summed E-state index contributed by atoms with van der Waals surface area (Å²) >= 11 is 0. The summed E-state index contributed by atoms with van der Waals surface area (Å²) in [5, 5.41) is 0. The Kier molecular flexibility index (Phi) is 11.6. The van der Waals surface area contributed by atoms with Crippen molar-refractivity contribution in [3.8, 4) is 0 Å². The van der Waals surface area contributed by atoms with Crippen LogP contribution in [0.15, 0.2) is 36.4 Å². The number of benzene rings is 1. The molecular weight excluding hydrogens is 219 g/mol. The number of hydrogen-bond acceptors (Lipinski definition) is 4. The fourth-order valence-electron chi connectivity index (χ4n) is 0.385. The smallest absolute Gasteiger partial charge is 0.726 e. The van der Waals surface area contributed by atoms with Gasteiger partial charge in [-0.25, -0.2) is 8.42 Å². The predicted molar refractivity (Wildman–Crippen MR) is 43.1 cm³/mol. The molecule has 0 atom stereocenters. The Morgan fingerprint density at radius 1 is 1.00 bits per heavy atom. The van der Waals surface area contributed by atoms with Gasteiger partial charge in [0.05, 0.1) is 7.11 Å². The Morgan fingerprint density at radius 3 is 1.23 bits per heavy atom. The van der Waals surface area contributed by atoms with Crippen molar-refractivity contribution in [3.63, 3.8) is 0 Å². The van der Waals surface area contributed by atoms with E-state index in [0.717, 1.165) is 7.11 Å². The minimum atomic E-state index is -4.41. The SMILES string of the molecule is COS(=O)(=O)[O-].[K+].c1ccccc1. The molecule has 13 heavy (non-hydrogen) atoms. The second kappa shape index (κ2) is 9.29. The summed E-state index contributed by atoms with van der Waals surface area (Å²) in [6, 6.07) is 12.0. The van der Waals surface area contributed by atoms with E-state index in [2.05, 4.69) is 4.18 Å². The van der Waals surface area contributed by atoms with Crippen LogP contribution in [0.3, 0.4) is 0 Å². The molecule has 4 nitrogen and oxygen atoms in total. The molecule has 0 saturated heterocycles. The third kappa shape index (κ3) is 15.5. The maximum atomic E-state index is 9.22. The van der Waals surface area contributed by atoms with E-state index in [4.69, 9.17) is 0 Å². The zero-order valence-electron chi connectivity index (χ0n) is 7.51. The van der Waals surface area contributed by atoms with Crippen molar-refractivity contribution in [2.24, 2.45) is 0 Å². The maximum Gasteiger partial charge on any atom is 1.00 e. The number of rotatable bonds is 1. The molecule has 0 bridgehead atoms. The molecule has 68 valence electrons. The van der Waals surface area contributed by atoms with E-state index in [0.29, 0.717) is 0 Å². The summed E-state index contributed by atoms with van der Waals surface area (Å²) < 4.78 is 31.0. The van der Waals surface area contributed by atoms with Crippen LogP contribution in [0.1, 0.15) is 0 Å². The fourth-order valence-corrected chi connectivity index (χ4v) is 0.385. The topological polar surface area (TPSA) is 66.4 Å². The van der Waals surface area contributed by atoms with Gasteiger partial charge < -0.3 is 4.55 Å². The van der Waals surface area contributed by atoms with Crippen molar-refractivity contribution in [3.05, 3.63) is 36.4 Å². The molecule has 0 heterocycles. The van der Waals surface area contributed by atoms with Gasteiger partial charge in [0.15, 0.2) is 0 Å². The molecule has 0 unspecified atom stereocenters. The Balaban J connectivity index is 0. The first kappa shape index (κ1) is 16.2. The van der Waals surface area contributed by atoms with Gasteiger partial charge in [0.2, 0.25) is 10.4 Å². The molecule has 0 aliphatic rings.